The predicted octanol–water partition coefficient (Wildman–Crippen LogP) is 2.72. The lowest BCUT2D eigenvalue weighted by Crippen LogP contribution is -2.37. The van der Waals surface area contributed by atoms with E-state index >= 15 is 0 Å². The van der Waals surface area contributed by atoms with Crippen molar-refractivity contribution in [3.05, 3.63) is 41.1 Å². The van der Waals surface area contributed by atoms with E-state index in [9.17, 15) is 9.90 Å². The smallest absolute Gasteiger partial charge is 0.251 e. The van der Waals surface area contributed by atoms with Crippen LogP contribution in [0, 0.1) is 11.3 Å². The van der Waals surface area contributed by atoms with Gasteiger partial charge in [-0.2, -0.15) is 16.4 Å². The summed E-state index contributed by atoms with van der Waals surface area (Å²) in [6.45, 7) is 4.52. The number of thiophene rings is 1. The Bertz CT molecular complexity index is 812. The molecule has 1 amide bonds. The van der Waals surface area contributed by atoms with Gasteiger partial charge in [-0.15, -0.1) is 0 Å². The average molecular weight is 355 g/mol. The van der Waals surface area contributed by atoms with Crippen molar-refractivity contribution in [3.8, 4) is 11.1 Å². The lowest BCUT2D eigenvalue weighted by Gasteiger charge is -2.25. The van der Waals surface area contributed by atoms with Crippen molar-refractivity contribution >= 4 is 28.6 Å². The molecule has 0 aliphatic carbocycles. The normalized spacial score (nSPS) is 22.8. The van der Waals surface area contributed by atoms with Crippen LogP contribution in [0.2, 0.25) is 0 Å². The number of aliphatic hydroxyl groups excluding tert-OH is 1. The molecule has 2 atom stereocenters. The predicted molar refractivity (Wildman–Crippen MR) is 101 cm³/mol. The van der Waals surface area contributed by atoms with Crippen molar-refractivity contribution in [1.29, 1.82) is 0 Å². The molecule has 2 unspecified atom stereocenters. The second-order valence-corrected chi connectivity index (χ2v) is 8.04. The summed E-state index contributed by atoms with van der Waals surface area (Å²) in [5, 5.41) is 18.2. The highest BCUT2D eigenvalue weighted by molar-refractivity contribution is 7.08. The number of rotatable bonds is 4. The maximum atomic E-state index is 12.8. The molecule has 0 spiro atoms. The Labute approximate surface area is 151 Å². The van der Waals surface area contributed by atoms with Crippen LogP contribution >= 0.6 is 11.3 Å². The van der Waals surface area contributed by atoms with Crippen LogP contribution < -0.4 is 10.3 Å². The highest BCUT2D eigenvalue weighted by Crippen LogP contribution is 2.35. The quantitative estimate of drug-likeness (QED) is 0.886. The lowest BCUT2D eigenvalue weighted by molar-refractivity contribution is -0.118. The molecule has 1 fully saturated rings. The molecule has 25 heavy (non-hydrogen) atoms. The van der Waals surface area contributed by atoms with Crippen LogP contribution in [0.4, 0.5) is 5.69 Å². The molecule has 4 rings (SSSR count). The summed E-state index contributed by atoms with van der Waals surface area (Å²) in [6, 6.07) is 9.88. The molecule has 130 valence electrons. The van der Waals surface area contributed by atoms with Gasteiger partial charge in [0.25, 0.3) is 5.91 Å². The van der Waals surface area contributed by atoms with Crippen molar-refractivity contribution in [3.63, 3.8) is 0 Å². The third-order valence-electron chi connectivity index (χ3n) is 5.11. The first-order valence-electron chi connectivity index (χ1n) is 8.40. The Kier molecular flexibility index (Phi) is 3.89. The van der Waals surface area contributed by atoms with Gasteiger partial charge in [-0.1, -0.05) is 26.0 Å². The summed E-state index contributed by atoms with van der Waals surface area (Å²) in [6.07, 6.45) is 0. The third-order valence-corrected chi connectivity index (χ3v) is 5.79. The Morgan fingerprint density at radius 2 is 2.04 bits per heavy atom. The van der Waals surface area contributed by atoms with Crippen molar-refractivity contribution in [1.82, 2.24) is 5.43 Å². The van der Waals surface area contributed by atoms with Gasteiger partial charge in [0.15, 0.2) is 0 Å². The average Bonchev–Trinajstić information content (AvgIpc) is 3.33. The van der Waals surface area contributed by atoms with Crippen LogP contribution in [0.5, 0.6) is 0 Å². The van der Waals surface area contributed by atoms with E-state index in [-0.39, 0.29) is 24.5 Å². The van der Waals surface area contributed by atoms with E-state index in [2.05, 4.69) is 39.5 Å². The number of nitrogens with one attached hydrogen (secondary N) is 1. The van der Waals surface area contributed by atoms with Gasteiger partial charge in [-0.25, -0.2) is 0 Å². The molecular formula is C19H21N3O2S. The van der Waals surface area contributed by atoms with Gasteiger partial charge in [-0.3, -0.25) is 10.2 Å². The van der Waals surface area contributed by atoms with E-state index in [0.29, 0.717) is 6.54 Å². The summed E-state index contributed by atoms with van der Waals surface area (Å²) in [5.74, 6) is 0.0481. The molecule has 2 N–H and O–H groups in total. The zero-order valence-corrected chi connectivity index (χ0v) is 15.1. The van der Waals surface area contributed by atoms with Gasteiger partial charge in [0.1, 0.15) is 6.04 Å². The van der Waals surface area contributed by atoms with E-state index in [0.717, 1.165) is 17.0 Å². The minimum Gasteiger partial charge on any atom is -0.395 e. The van der Waals surface area contributed by atoms with Crippen LogP contribution in [0.3, 0.4) is 0 Å². The second-order valence-electron chi connectivity index (χ2n) is 7.26. The van der Waals surface area contributed by atoms with Crippen LogP contribution in [0.25, 0.3) is 11.1 Å². The first kappa shape index (κ1) is 16.3. The number of carbonyl (C=O) groups excluding carboxylic acids is 1. The van der Waals surface area contributed by atoms with Crippen molar-refractivity contribution in [2.75, 3.05) is 18.1 Å². The number of benzene rings is 1. The Balaban J connectivity index is 1.57. The maximum absolute atomic E-state index is 12.8. The van der Waals surface area contributed by atoms with Crippen LogP contribution in [0.1, 0.15) is 13.8 Å². The third kappa shape index (κ3) is 2.65. The minimum absolute atomic E-state index is 0.00574. The second kappa shape index (κ2) is 5.97. The Morgan fingerprint density at radius 1 is 1.28 bits per heavy atom. The fourth-order valence-electron chi connectivity index (χ4n) is 3.57. The van der Waals surface area contributed by atoms with Crippen LogP contribution in [0.15, 0.2) is 46.2 Å². The molecule has 6 heteroatoms. The number of hydrazone groups is 1. The number of hydrogen-bond acceptors (Lipinski definition) is 5. The van der Waals surface area contributed by atoms with Gasteiger partial charge >= 0.3 is 0 Å². The molecular weight excluding hydrogens is 334 g/mol. The van der Waals surface area contributed by atoms with Gasteiger partial charge < -0.3 is 10.0 Å². The molecule has 2 aliphatic rings. The summed E-state index contributed by atoms with van der Waals surface area (Å²) in [5.41, 5.74) is 6.69. The summed E-state index contributed by atoms with van der Waals surface area (Å²) < 4.78 is 0. The summed E-state index contributed by atoms with van der Waals surface area (Å²) in [7, 11) is 0. The van der Waals surface area contributed by atoms with Gasteiger partial charge in [0.2, 0.25) is 0 Å². The monoisotopic (exact) mass is 355 g/mol. The first-order chi connectivity index (χ1) is 12.0. The van der Waals surface area contributed by atoms with Crippen LogP contribution in [-0.2, 0) is 4.79 Å². The SMILES string of the molecule is CC(C)(CO)C1=NNC2C(=O)N(c3ccc(-c4ccsc4)cc3)CC12. The highest BCUT2D eigenvalue weighted by Gasteiger charge is 2.50. The number of hydrogen-bond donors (Lipinski definition) is 2. The van der Waals surface area contributed by atoms with Crippen molar-refractivity contribution in [2.24, 2.45) is 16.4 Å². The number of carbonyl (C=O) groups is 1. The number of fused-ring (bicyclic) bond motifs is 1. The molecule has 3 heterocycles. The molecule has 0 bridgehead atoms. The van der Waals surface area contributed by atoms with E-state index in [1.165, 1.54) is 5.56 Å². The summed E-state index contributed by atoms with van der Waals surface area (Å²) >= 11 is 1.67. The summed E-state index contributed by atoms with van der Waals surface area (Å²) in [4.78, 5) is 14.6. The molecule has 1 saturated heterocycles. The number of aliphatic hydroxyl groups is 1. The van der Waals surface area contributed by atoms with Crippen LogP contribution in [-0.4, -0.2) is 35.9 Å². The highest BCUT2D eigenvalue weighted by atomic mass is 32.1. The van der Waals surface area contributed by atoms with E-state index < -0.39 is 5.41 Å². The van der Waals surface area contributed by atoms with E-state index in [4.69, 9.17) is 0 Å². The standard InChI is InChI=1S/C19H21N3O2S/c1-19(2,11-23)17-15-9-22(18(24)16(15)20-21-17)14-5-3-12(4-6-14)13-7-8-25-10-13/h3-8,10,15-16,20,23H,9,11H2,1-2H3. The van der Waals surface area contributed by atoms with E-state index in [1.807, 2.05) is 30.9 Å². The number of nitrogens with zero attached hydrogens (tertiary/aromatic N) is 2. The molecule has 1 aromatic heterocycles. The minimum atomic E-state index is -0.425. The lowest BCUT2D eigenvalue weighted by atomic mass is 9.80. The molecule has 2 aromatic rings. The van der Waals surface area contributed by atoms with E-state index in [1.54, 1.807) is 11.3 Å². The fourth-order valence-corrected chi connectivity index (χ4v) is 4.24. The Morgan fingerprint density at radius 3 is 2.68 bits per heavy atom. The fraction of sp³-hybridized carbons (Fsp3) is 0.368. The topological polar surface area (TPSA) is 64.9 Å². The molecule has 0 saturated carbocycles. The molecule has 0 radical (unpaired) electrons. The zero-order chi connectivity index (χ0) is 17.6. The maximum Gasteiger partial charge on any atom is 0.251 e. The van der Waals surface area contributed by atoms with Gasteiger partial charge in [0, 0.05) is 23.6 Å². The largest absolute Gasteiger partial charge is 0.395 e. The number of anilines is 1. The molecule has 2 aliphatic heterocycles. The van der Waals surface area contributed by atoms with Gasteiger partial charge in [-0.05, 0) is 40.1 Å². The molecule has 5 nitrogen and oxygen atoms in total. The molecule has 1 aromatic carbocycles. The Hall–Kier alpha value is -2.18. The zero-order valence-electron chi connectivity index (χ0n) is 14.3. The van der Waals surface area contributed by atoms with Gasteiger partial charge in [0.05, 0.1) is 12.3 Å². The number of amides is 1. The first-order valence-corrected chi connectivity index (χ1v) is 9.34. The van der Waals surface area contributed by atoms with Crippen molar-refractivity contribution in [2.45, 2.75) is 19.9 Å². The van der Waals surface area contributed by atoms with Crippen molar-refractivity contribution < 1.29 is 9.90 Å².